The molecule has 3 aromatic carbocycles. The third kappa shape index (κ3) is 3.49. The van der Waals surface area contributed by atoms with Gasteiger partial charge in [-0.3, -0.25) is 9.59 Å². The molecule has 0 radical (unpaired) electrons. The predicted molar refractivity (Wildman–Crippen MR) is 108 cm³/mol. The molecule has 136 valence electrons. The molecule has 3 aromatic rings. The van der Waals surface area contributed by atoms with E-state index < -0.39 is 6.04 Å². The van der Waals surface area contributed by atoms with Crippen molar-refractivity contribution < 1.29 is 9.59 Å². The van der Waals surface area contributed by atoms with E-state index in [9.17, 15) is 9.59 Å². The first-order chi connectivity index (χ1) is 13.1. The summed E-state index contributed by atoms with van der Waals surface area (Å²) in [6.07, 6.45) is 0.0629. The molecule has 0 unspecified atom stereocenters. The maximum atomic E-state index is 12.7. The third-order valence-electron chi connectivity index (χ3n) is 4.88. The van der Waals surface area contributed by atoms with Crippen LogP contribution in [0.5, 0.6) is 0 Å². The van der Waals surface area contributed by atoms with Crippen LogP contribution in [0.3, 0.4) is 0 Å². The van der Waals surface area contributed by atoms with Crippen LogP contribution in [0, 0.1) is 0 Å². The lowest BCUT2D eigenvalue weighted by molar-refractivity contribution is -0.125. The topological polar surface area (TPSA) is 70.2 Å². The summed E-state index contributed by atoms with van der Waals surface area (Å²) in [5.74, 6) is -0.377. The van der Waals surface area contributed by atoms with Gasteiger partial charge in [-0.2, -0.15) is 0 Å². The maximum absolute atomic E-state index is 12.7. The van der Waals surface area contributed by atoms with Crippen molar-refractivity contribution in [2.24, 2.45) is 0 Å². The Labute approximate surface area is 157 Å². The van der Waals surface area contributed by atoms with Crippen molar-refractivity contribution in [1.29, 1.82) is 0 Å². The minimum atomic E-state index is -0.633. The van der Waals surface area contributed by atoms with Crippen LogP contribution in [0.1, 0.15) is 24.9 Å². The Hall–Kier alpha value is -3.34. The second-order valence-corrected chi connectivity index (χ2v) is 6.80. The third-order valence-corrected chi connectivity index (χ3v) is 4.88. The number of carbonyl (C=O) groups is 2. The van der Waals surface area contributed by atoms with Crippen molar-refractivity contribution in [2.75, 3.05) is 10.6 Å². The Morgan fingerprint density at radius 2 is 1.70 bits per heavy atom. The Balaban J connectivity index is 1.51. The maximum Gasteiger partial charge on any atom is 0.247 e. The molecule has 27 heavy (non-hydrogen) atoms. The highest BCUT2D eigenvalue weighted by molar-refractivity contribution is 6.13. The second kappa shape index (κ2) is 7.11. The van der Waals surface area contributed by atoms with Gasteiger partial charge in [0.15, 0.2) is 0 Å². The van der Waals surface area contributed by atoms with E-state index in [0.29, 0.717) is 0 Å². The van der Waals surface area contributed by atoms with Gasteiger partial charge in [-0.15, -0.1) is 0 Å². The lowest BCUT2D eigenvalue weighted by Crippen LogP contribution is -2.39. The molecule has 2 amide bonds. The largest absolute Gasteiger partial charge is 0.373 e. The molecule has 0 saturated heterocycles. The van der Waals surface area contributed by atoms with E-state index in [1.807, 2.05) is 73.7 Å². The molecule has 0 bridgehead atoms. The Morgan fingerprint density at radius 3 is 2.44 bits per heavy atom. The quantitative estimate of drug-likeness (QED) is 0.663. The molecule has 1 heterocycles. The van der Waals surface area contributed by atoms with Gasteiger partial charge in [0.2, 0.25) is 11.8 Å². The van der Waals surface area contributed by atoms with Gasteiger partial charge in [0.05, 0.1) is 18.2 Å². The first-order valence-electron chi connectivity index (χ1n) is 9.05. The van der Waals surface area contributed by atoms with Crippen molar-refractivity contribution in [1.82, 2.24) is 5.32 Å². The number of rotatable bonds is 4. The summed E-state index contributed by atoms with van der Waals surface area (Å²) in [7, 11) is 0. The van der Waals surface area contributed by atoms with E-state index in [1.165, 1.54) is 0 Å². The molecule has 3 N–H and O–H groups in total. The van der Waals surface area contributed by atoms with Crippen LogP contribution in [-0.4, -0.2) is 17.9 Å². The van der Waals surface area contributed by atoms with Crippen LogP contribution in [0.4, 0.5) is 11.4 Å². The zero-order chi connectivity index (χ0) is 18.8. The molecule has 0 aliphatic carbocycles. The Bertz CT molecular complexity index is 996. The Kier molecular flexibility index (Phi) is 4.50. The molecule has 5 heteroatoms. The number of nitrogens with one attached hydrogen (secondary N) is 3. The van der Waals surface area contributed by atoms with E-state index in [-0.39, 0.29) is 24.3 Å². The molecule has 1 aliphatic heterocycles. The molecule has 0 aromatic heterocycles. The molecule has 0 fully saturated rings. The van der Waals surface area contributed by atoms with E-state index in [1.54, 1.807) is 0 Å². The molecule has 2 atom stereocenters. The van der Waals surface area contributed by atoms with Crippen molar-refractivity contribution in [3.05, 3.63) is 72.3 Å². The molecule has 5 nitrogen and oxygen atoms in total. The summed E-state index contributed by atoms with van der Waals surface area (Å²) in [4.78, 5) is 25.2. The summed E-state index contributed by atoms with van der Waals surface area (Å²) in [5, 5.41) is 11.2. The number of benzene rings is 3. The number of hydrogen-bond acceptors (Lipinski definition) is 3. The zero-order valence-electron chi connectivity index (χ0n) is 15.0. The van der Waals surface area contributed by atoms with Gasteiger partial charge in [0.1, 0.15) is 6.04 Å². The summed E-state index contributed by atoms with van der Waals surface area (Å²) in [6, 6.07) is 20.7. The zero-order valence-corrected chi connectivity index (χ0v) is 15.0. The van der Waals surface area contributed by atoms with Gasteiger partial charge >= 0.3 is 0 Å². The molecular weight excluding hydrogens is 338 g/mol. The highest BCUT2D eigenvalue weighted by atomic mass is 16.2. The van der Waals surface area contributed by atoms with Crippen LogP contribution in [0.15, 0.2) is 66.7 Å². The molecular formula is C22H21N3O2. The first kappa shape index (κ1) is 17.1. The molecule has 0 saturated carbocycles. The van der Waals surface area contributed by atoms with Crippen LogP contribution in [-0.2, 0) is 9.59 Å². The lowest BCUT2D eigenvalue weighted by Gasteiger charge is -2.19. The average molecular weight is 359 g/mol. The van der Waals surface area contributed by atoms with Gasteiger partial charge in [-0.25, -0.2) is 0 Å². The first-order valence-corrected chi connectivity index (χ1v) is 9.05. The van der Waals surface area contributed by atoms with Crippen molar-refractivity contribution in [3.63, 3.8) is 0 Å². The molecule has 1 aliphatic rings. The van der Waals surface area contributed by atoms with Gasteiger partial charge in [0.25, 0.3) is 0 Å². The highest BCUT2D eigenvalue weighted by Crippen LogP contribution is 2.33. The predicted octanol–water partition coefficient (Wildman–Crippen LogP) is 3.84. The van der Waals surface area contributed by atoms with Crippen molar-refractivity contribution in [3.8, 4) is 0 Å². The Morgan fingerprint density at radius 1 is 1.00 bits per heavy atom. The SMILES string of the molecule is C[C@H](NC(=O)C[C@@H]1Nc2cccc3cccc(c23)NC1=O)c1ccccc1. The normalized spacial score (nSPS) is 16.8. The monoisotopic (exact) mass is 359 g/mol. The lowest BCUT2D eigenvalue weighted by atomic mass is 10.1. The van der Waals surface area contributed by atoms with Gasteiger partial charge in [-0.05, 0) is 30.0 Å². The fourth-order valence-corrected chi connectivity index (χ4v) is 3.49. The highest BCUT2D eigenvalue weighted by Gasteiger charge is 2.27. The smallest absolute Gasteiger partial charge is 0.247 e. The average Bonchev–Trinajstić information content (AvgIpc) is 2.81. The minimum Gasteiger partial charge on any atom is -0.373 e. The van der Waals surface area contributed by atoms with E-state index in [2.05, 4.69) is 16.0 Å². The van der Waals surface area contributed by atoms with Crippen LogP contribution in [0.25, 0.3) is 10.8 Å². The number of amides is 2. The van der Waals surface area contributed by atoms with E-state index in [0.717, 1.165) is 27.7 Å². The minimum absolute atomic E-state index is 0.0629. The number of anilines is 2. The fourth-order valence-electron chi connectivity index (χ4n) is 3.49. The summed E-state index contributed by atoms with van der Waals surface area (Å²) in [6.45, 7) is 1.93. The molecule has 0 spiro atoms. The van der Waals surface area contributed by atoms with Crippen molar-refractivity contribution in [2.45, 2.75) is 25.4 Å². The van der Waals surface area contributed by atoms with E-state index >= 15 is 0 Å². The van der Waals surface area contributed by atoms with Crippen LogP contribution < -0.4 is 16.0 Å². The second-order valence-electron chi connectivity index (χ2n) is 6.80. The van der Waals surface area contributed by atoms with Crippen molar-refractivity contribution >= 4 is 34.0 Å². The van der Waals surface area contributed by atoms with Crippen LogP contribution >= 0.6 is 0 Å². The summed E-state index contributed by atoms with van der Waals surface area (Å²) >= 11 is 0. The summed E-state index contributed by atoms with van der Waals surface area (Å²) < 4.78 is 0. The number of hydrogen-bond donors (Lipinski definition) is 3. The van der Waals surface area contributed by atoms with Gasteiger partial charge in [-0.1, -0.05) is 54.6 Å². The fraction of sp³-hybridized carbons (Fsp3) is 0.182. The number of carbonyl (C=O) groups excluding carboxylic acids is 2. The van der Waals surface area contributed by atoms with Gasteiger partial charge in [0, 0.05) is 11.1 Å². The summed E-state index contributed by atoms with van der Waals surface area (Å²) in [5.41, 5.74) is 2.65. The van der Waals surface area contributed by atoms with Crippen LogP contribution in [0.2, 0.25) is 0 Å². The van der Waals surface area contributed by atoms with Gasteiger partial charge < -0.3 is 16.0 Å². The molecule has 4 rings (SSSR count). The van der Waals surface area contributed by atoms with E-state index in [4.69, 9.17) is 0 Å². The standard InChI is InChI=1S/C22H21N3O2/c1-14(15-7-3-2-4-8-15)23-20(26)13-19-22(27)25-18-12-6-10-16-9-5-11-17(24-19)21(16)18/h2-12,14,19,24H,13H2,1H3,(H,23,26)(H,25,27)/t14-,19-/m0/s1.